The summed E-state index contributed by atoms with van der Waals surface area (Å²) >= 11 is 0. The van der Waals surface area contributed by atoms with Crippen molar-refractivity contribution in [2.75, 3.05) is 0 Å². The maximum Gasteiger partial charge on any atom is 0.119 e. The third kappa shape index (κ3) is 5.60. The molecule has 2 aromatic carbocycles. The lowest BCUT2D eigenvalue weighted by atomic mass is 9.95. The van der Waals surface area contributed by atoms with E-state index in [0.717, 1.165) is 18.6 Å². The second-order valence-corrected chi connectivity index (χ2v) is 5.94. The minimum atomic E-state index is 0.272. The quantitative estimate of drug-likeness (QED) is 0.827. The Labute approximate surface area is 127 Å². The van der Waals surface area contributed by atoms with Gasteiger partial charge in [-0.2, -0.15) is 0 Å². The fourth-order valence-electron chi connectivity index (χ4n) is 2.58. The van der Waals surface area contributed by atoms with Crippen LogP contribution < -0.4 is 10.5 Å². The third-order valence-electron chi connectivity index (χ3n) is 3.53. The number of hydrogen-bond acceptors (Lipinski definition) is 2. The Balaban J connectivity index is 1.84. The van der Waals surface area contributed by atoms with Crippen LogP contribution in [-0.4, -0.2) is 6.04 Å². The molecule has 2 aromatic rings. The molecule has 2 rings (SSSR count). The van der Waals surface area contributed by atoms with E-state index >= 15 is 0 Å². The standard InChI is InChI=1S/C19H25NO/c1-15(12-16(2)20)13-17-8-10-19(11-9-17)21-14-18-6-4-3-5-7-18/h3-11,15-16H,12-14,20H2,1-2H3. The van der Waals surface area contributed by atoms with Crippen LogP contribution in [0.5, 0.6) is 5.75 Å². The molecular formula is C19H25NO. The normalized spacial score (nSPS) is 13.7. The van der Waals surface area contributed by atoms with Crippen molar-refractivity contribution >= 4 is 0 Å². The molecule has 0 bridgehead atoms. The van der Waals surface area contributed by atoms with E-state index in [1.165, 1.54) is 11.1 Å². The van der Waals surface area contributed by atoms with Crippen LogP contribution in [0.3, 0.4) is 0 Å². The van der Waals surface area contributed by atoms with Crippen LogP contribution in [0.15, 0.2) is 54.6 Å². The number of benzene rings is 2. The molecule has 0 heterocycles. The molecule has 2 N–H and O–H groups in total. The zero-order valence-corrected chi connectivity index (χ0v) is 13.0. The highest BCUT2D eigenvalue weighted by Gasteiger charge is 2.06. The van der Waals surface area contributed by atoms with Gasteiger partial charge in [-0.15, -0.1) is 0 Å². The summed E-state index contributed by atoms with van der Waals surface area (Å²) in [5, 5.41) is 0. The molecule has 0 fully saturated rings. The van der Waals surface area contributed by atoms with Crippen molar-refractivity contribution < 1.29 is 4.74 Å². The smallest absolute Gasteiger partial charge is 0.119 e. The maximum absolute atomic E-state index is 5.85. The molecule has 2 nitrogen and oxygen atoms in total. The van der Waals surface area contributed by atoms with Crippen molar-refractivity contribution in [1.82, 2.24) is 0 Å². The largest absolute Gasteiger partial charge is 0.489 e. The summed E-state index contributed by atoms with van der Waals surface area (Å²) in [5.74, 6) is 1.53. The summed E-state index contributed by atoms with van der Waals surface area (Å²) in [5.41, 5.74) is 8.38. The second-order valence-electron chi connectivity index (χ2n) is 5.94. The Hall–Kier alpha value is -1.80. The predicted octanol–water partition coefficient (Wildman–Crippen LogP) is 4.18. The Kier molecular flexibility index (Phi) is 5.82. The van der Waals surface area contributed by atoms with Crippen LogP contribution in [0.4, 0.5) is 0 Å². The topological polar surface area (TPSA) is 35.2 Å². The van der Waals surface area contributed by atoms with E-state index in [4.69, 9.17) is 10.5 Å². The molecule has 2 atom stereocenters. The average molecular weight is 283 g/mol. The van der Waals surface area contributed by atoms with Gasteiger partial charge in [-0.3, -0.25) is 0 Å². The first-order chi connectivity index (χ1) is 10.1. The molecule has 0 aromatic heterocycles. The average Bonchev–Trinajstić information content (AvgIpc) is 2.47. The van der Waals surface area contributed by atoms with E-state index in [-0.39, 0.29) is 6.04 Å². The van der Waals surface area contributed by atoms with E-state index in [0.29, 0.717) is 12.5 Å². The summed E-state index contributed by atoms with van der Waals surface area (Å²) in [7, 11) is 0. The summed E-state index contributed by atoms with van der Waals surface area (Å²) in [6.07, 6.45) is 2.13. The molecule has 0 amide bonds. The fraction of sp³-hybridized carbons (Fsp3) is 0.368. The SMILES string of the molecule is CC(N)CC(C)Cc1ccc(OCc2ccccc2)cc1. The van der Waals surface area contributed by atoms with Crippen molar-refractivity contribution in [2.24, 2.45) is 11.7 Å². The van der Waals surface area contributed by atoms with Gasteiger partial charge in [-0.05, 0) is 48.9 Å². The summed E-state index contributed by atoms with van der Waals surface area (Å²) in [6.45, 7) is 4.93. The number of ether oxygens (including phenoxy) is 1. The highest BCUT2D eigenvalue weighted by Crippen LogP contribution is 2.18. The number of rotatable bonds is 7. The van der Waals surface area contributed by atoms with Crippen LogP contribution in [0.2, 0.25) is 0 Å². The van der Waals surface area contributed by atoms with Gasteiger partial charge in [0, 0.05) is 6.04 Å². The molecule has 2 unspecified atom stereocenters. The van der Waals surface area contributed by atoms with E-state index in [1.807, 2.05) is 18.2 Å². The maximum atomic E-state index is 5.85. The molecule has 21 heavy (non-hydrogen) atoms. The molecule has 0 aliphatic heterocycles. The minimum Gasteiger partial charge on any atom is -0.489 e. The third-order valence-corrected chi connectivity index (χ3v) is 3.53. The van der Waals surface area contributed by atoms with Crippen LogP contribution in [0.1, 0.15) is 31.4 Å². The van der Waals surface area contributed by atoms with E-state index in [9.17, 15) is 0 Å². The van der Waals surface area contributed by atoms with Crippen LogP contribution >= 0.6 is 0 Å². The Morgan fingerprint density at radius 1 is 0.905 bits per heavy atom. The molecule has 0 saturated heterocycles. The fourth-order valence-corrected chi connectivity index (χ4v) is 2.58. The lowest BCUT2D eigenvalue weighted by molar-refractivity contribution is 0.306. The summed E-state index contributed by atoms with van der Waals surface area (Å²) < 4.78 is 5.80. The molecule has 0 spiro atoms. The summed E-state index contributed by atoms with van der Waals surface area (Å²) in [4.78, 5) is 0. The minimum absolute atomic E-state index is 0.272. The van der Waals surface area contributed by atoms with E-state index < -0.39 is 0 Å². The zero-order valence-electron chi connectivity index (χ0n) is 13.0. The lowest BCUT2D eigenvalue weighted by Crippen LogP contribution is -2.19. The van der Waals surface area contributed by atoms with Gasteiger partial charge in [0.2, 0.25) is 0 Å². The lowest BCUT2D eigenvalue weighted by Gasteiger charge is -2.14. The highest BCUT2D eigenvalue weighted by atomic mass is 16.5. The highest BCUT2D eigenvalue weighted by molar-refractivity contribution is 5.28. The van der Waals surface area contributed by atoms with Crippen LogP contribution in [0.25, 0.3) is 0 Å². The van der Waals surface area contributed by atoms with Crippen molar-refractivity contribution in [2.45, 2.75) is 39.3 Å². The molecule has 0 aliphatic rings. The summed E-state index contributed by atoms with van der Waals surface area (Å²) in [6, 6.07) is 18.9. The van der Waals surface area contributed by atoms with Crippen molar-refractivity contribution in [3.63, 3.8) is 0 Å². The van der Waals surface area contributed by atoms with Gasteiger partial charge in [0.05, 0.1) is 0 Å². The Bertz CT molecular complexity index is 519. The van der Waals surface area contributed by atoms with Gasteiger partial charge in [0.15, 0.2) is 0 Å². The van der Waals surface area contributed by atoms with Gasteiger partial charge in [0.1, 0.15) is 12.4 Å². The van der Waals surface area contributed by atoms with Crippen molar-refractivity contribution in [3.8, 4) is 5.75 Å². The van der Waals surface area contributed by atoms with Gasteiger partial charge in [-0.25, -0.2) is 0 Å². The van der Waals surface area contributed by atoms with E-state index in [1.54, 1.807) is 0 Å². The van der Waals surface area contributed by atoms with Crippen LogP contribution in [0, 0.1) is 5.92 Å². The van der Waals surface area contributed by atoms with Gasteiger partial charge in [0.25, 0.3) is 0 Å². The van der Waals surface area contributed by atoms with Gasteiger partial charge in [-0.1, -0.05) is 49.4 Å². The Morgan fingerprint density at radius 3 is 2.19 bits per heavy atom. The van der Waals surface area contributed by atoms with Gasteiger partial charge < -0.3 is 10.5 Å². The van der Waals surface area contributed by atoms with Crippen LogP contribution in [-0.2, 0) is 13.0 Å². The molecule has 0 aliphatic carbocycles. The molecule has 112 valence electrons. The molecule has 0 saturated carbocycles. The van der Waals surface area contributed by atoms with Crippen molar-refractivity contribution in [1.29, 1.82) is 0 Å². The first-order valence-corrected chi connectivity index (χ1v) is 7.64. The first kappa shape index (κ1) is 15.6. The zero-order chi connectivity index (χ0) is 15.1. The van der Waals surface area contributed by atoms with Gasteiger partial charge >= 0.3 is 0 Å². The predicted molar refractivity (Wildman–Crippen MR) is 88.4 cm³/mol. The Morgan fingerprint density at radius 2 is 1.57 bits per heavy atom. The van der Waals surface area contributed by atoms with E-state index in [2.05, 4.69) is 50.2 Å². The molecular weight excluding hydrogens is 258 g/mol. The number of nitrogens with two attached hydrogens (primary N) is 1. The first-order valence-electron chi connectivity index (χ1n) is 7.64. The molecule has 2 heteroatoms. The number of hydrogen-bond donors (Lipinski definition) is 1. The van der Waals surface area contributed by atoms with Crippen molar-refractivity contribution in [3.05, 3.63) is 65.7 Å². The second kappa shape index (κ2) is 7.84. The molecule has 0 radical (unpaired) electrons. The monoisotopic (exact) mass is 283 g/mol.